The molecular weight excluding hydrogens is 314 g/mol. The Morgan fingerprint density at radius 3 is 2.65 bits per heavy atom. The summed E-state index contributed by atoms with van der Waals surface area (Å²) in [6.07, 6.45) is 1.04. The van der Waals surface area contributed by atoms with Gasteiger partial charge in [-0.2, -0.15) is 0 Å². The molecule has 106 valence electrons. The molecule has 0 saturated heterocycles. The van der Waals surface area contributed by atoms with Crippen molar-refractivity contribution in [2.75, 3.05) is 13.2 Å². The molecule has 2 aromatic carbocycles. The van der Waals surface area contributed by atoms with Gasteiger partial charge in [0.15, 0.2) is 0 Å². The predicted molar refractivity (Wildman–Crippen MR) is 87.2 cm³/mol. The first-order chi connectivity index (χ1) is 9.74. The zero-order chi connectivity index (χ0) is 14.2. The summed E-state index contributed by atoms with van der Waals surface area (Å²) in [6, 6.07) is 18.9. The van der Waals surface area contributed by atoms with Gasteiger partial charge in [0.1, 0.15) is 12.4 Å². The Morgan fingerprint density at radius 2 is 1.90 bits per heavy atom. The lowest BCUT2D eigenvalue weighted by molar-refractivity contribution is 0.306. The van der Waals surface area contributed by atoms with Gasteiger partial charge in [-0.05, 0) is 37.1 Å². The van der Waals surface area contributed by atoms with Gasteiger partial charge in [0.2, 0.25) is 0 Å². The van der Waals surface area contributed by atoms with Crippen LogP contribution in [0.15, 0.2) is 59.1 Å². The van der Waals surface area contributed by atoms with E-state index in [1.54, 1.807) is 0 Å². The summed E-state index contributed by atoms with van der Waals surface area (Å²) in [5.74, 6) is 0.900. The molecule has 0 heterocycles. The maximum absolute atomic E-state index is 5.69. The van der Waals surface area contributed by atoms with Crippen molar-refractivity contribution < 1.29 is 4.74 Å². The second-order valence-electron chi connectivity index (χ2n) is 4.85. The first-order valence-corrected chi connectivity index (χ1v) is 7.69. The molecule has 1 unspecified atom stereocenters. The quantitative estimate of drug-likeness (QED) is 0.772. The van der Waals surface area contributed by atoms with E-state index in [1.807, 2.05) is 30.3 Å². The van der Waals surface area contributed by atoms with E-state index in [0.717, 1.165) is 23.2 Å². The van der Waals surface area contributed by atoms with Crippen LogP contribution in [0.5, 0.6) is 5.75 Å². The number of rotatable bonds is 7. The molecule has 0 bridgehead atoms. The molecule has 0 amide bonds. The summed E-state index contributed by atoms with van der Waals surface area (Å²) in [5.41, 5.74) is 1.36. The van der Waals surface area contributed by atoms with Gasteiger partial charge >= 0.3 is 0 Å². The minimum atomic E-state index is 0.448. The van der Waals surface area contributed by atoms with E-state index in [-0.39, 0.29) is 0 Å². The molecule has 0 saturated carbocycles. The summed E-state index contributed by atoms with van der Waals surface area (Å²) in [4.78, 5) is 0. The molecule has 0 fully saturated rings. The molecule has 20 heavy (non-hydrogen) atoms. The fourth-order valence-corrected chi connectivity index (χ4v) is 2.45. The molecule has 2 rings (SSSR count). The molecule has 0 aliphatic heterocycles. The molecule has 0 aromatic heterocycles. The zero-order valence-corrected chi connectivity index (χ0v) is 13.3. The van der Waals surface area contributed by atoms with Crippen LogP contribution in [0.25, 0.3) is 0 Å². The number of hydrogen-bond acceptors (Lipinski definition) is 2. The lowest BCUT2D eigenvalue weighted by atomic mass is 10.1. The molecule has 1 N–H and O–H groups in total. The van der Waals surface area contributed by atoms with Crippen LogP contribution in [0.1, 0.15) is 12.5 Å². The van der Waals surface area contributed by atoms with E-state index in [2.05, 4.69) is 52.4 Å². The summed E-state index contributed by atoms with van der Waals surface area (Å²) in [5, 5.41) is 3.48. The van der Waals surface area contributed by atoms with Gasteiger partial charge in [-0.25, -0.2) is 0 Å². The van der Waals surface area contributed by atoms with Crippen molar-refractivity contribution in [3.63, 3.8) is 0 Å². The summed E-state index contributed by atoms with van der Waals surface area (Å²) >= 11 is 3.44. The van der Waals surface area contributed by atoms with E-state index in [9.17, 15) is 0 Å². The lowest BCUT2D eigenvalue weighted by Crippen LogP contribution is -2.31. The lowest BCUT2D eigenvalue weighted by Gasteiger charge is -2.14. The average Bonchev–Trinajstić information content (AvgIpc) is 2.45. The number of hydrogen-bond donors (Lipinski definition) is 1. The standard InChI is InChI=1S/C17H20BrNO/c1-14(12-15-6-3-2-4-7-15)19-10-11-20-17-9-5-8-16(18)13-17/h2-9,13-14,19H,10-12H2,1H3. The normalized spacial score (nSPS) is 12.1. The van der Waals surface area contributed by atoms with Crippen molar-refractivity contribution in [1.29, 1.82) is 0 Å². The minimum absolute atomic E-state index is 0.448. The number of halogens is 1. The van der Waals surface area contributed by atoms with Crippen LogP contribution in [0.2, 0.25) is 0 Å². The number of benzene rings is 2. The second-order valence-corrected chi connectivity index (χ2v) is 5.77. The van der Waals surface area contributed by atoms with Crippen molar-refractivity contribution >= 4 is 15.9 Å². The molecule has 0 aliphatic carbocycles. The predicted octanol–water partition coefficient (Wildman–Crippen LogP) is 4.05. The largest absolute Gasteiger partial charge is 0.492 e. The maximum Gasteiger partial charge on any atom is 0.120 e. The van der Waals surface area contributed by atoms with Crippen LogP contribution in [0.4, 0.5) is 0 Å². The van der Waals surface area contributed by atoms with Crippen molar-refractivity contribution in [3.8, 4) is 5.75 Å². The highest BCUT2D eigenvalue weighted by Gasteiger charge is 2.02. The van der Waals surface area contributed by atoms with E-state index in [0.29, 0.717) is 12.6 Å². The van der Waals surface area contributed by atoms with Crippen LogP contribution < -0.4 is 10.1 Å². The highest BCUT2D eigenvalue weighted by atomic mass is 79.9. The third-order valence-electron chi connectivity index (χ3n) is 3.04. The first kappa shape index (κ1) is 15.1. The smallest absolute Gasteiger partial charge is 0.120 e. The van der Waals surface area contributed by atoms with E-state index < -0.39 is 0 Å². The van der Waals surface area contributed by atoms with Gasteiger partial charge in [0, 0.05) is 17.1 Å². The van der Waals surface area contributed by atoms with Gasteiger partial charge in [0.25, 0.3) is 0 Å². The van der Waals surface area contributed by atoms with Crippen LogP contribution in [0.3, 0.4) is 0 Å². The second kappa shape index (κ2) is 8.08. The van der Waals surface area contributed by atoms with Crippen LogP contribution >= 0.6 is 15.9 Å². The Labute approximate surface area is 129 Å². The molecule has 3 heteroatoms. The Hall–Kier alpha value is -1.32. The van der Waals surface area contributed by atoms with Crippen molar-refractivity contribution in [3.05, 3.63) is 64.6 Å². The van der Waals surface area contributed by atoms with Crippen LogP contribution in [-0.2, 0) is 6.42 Å². The molecule has 0 aliphatic rings. The molecule has 2 aromatic rings. The first-order valence-electron chi connectivity index (χ1n) is 6.90. The Kier molecular flexibility index (Phi) is 6.09. The minimum Gasteiger partial charge on any atom is -0.492 e. The Morgan fingerprint density at radius 1 is 1.10 bits per heavy atom. The number of nitrogens with one attached hydrogen (secondary N) is 1. The van der Waals surface area contributed by atoms with Gasteiger partial charge in [-0.1, -0.05) is 52.3 Å². The van der Waals surface area contributed by atoms with Gasteiger partial charge in [-0.15, -0.1) is 0 Å². The highest BCUT2D eigenvalue weighted by molar-refractivity contribution is 9.10. The van der Waals surface area contributed by atoms with Crippen LogP contribution in [0, 0.1) is 0 Å². The third kappa shape index (κ3) is 5.35. The third-order valence-corrected chi connectivity index (χ3v) is 3.54. The van der Waals surface area contributed by atoms with Gasteiger partial charge in [-0.3, -0.25) is 0 Å². The van der Waals surface area contributed by atoms with Gasteiger partial charge < -0.3 is 10.1 Å². The molecule has 2 nitrogen and oxygen atoms in total. The SMILES string of the molecule is CC(Cc1ccccc1)NCCOc1cccc(Br)c1. The van der Waals surface area contributed by atoms with Gasteiger partial charge in [0.05, 0.1) is 0 Å². The van der Waals surface area contributed by atoms with Crippen molar-refractivity contribution in [2.24, 2.45) is 0 Å². The van der Waals surface area contributed by atoms with E-state index in [4.69, 9.17) is 4.74 Å². The van der Waals surface area contributed by atoms with Crippen LogP contribution in [-0.4, -0.2) is 19.2 Å². The van der Waals surface area contributed by atoms with Crippen molar-refractivity contribution in [1.82, 2.24) is 5.32 Å². The molecule has 0 radical (unpaired) electrons. The fourth-order valence-electron chi connectivity index (χ4n) is 2.07. The average molecular weight is 334 g/mol. The number of ether oxygens (including phenoxy) is 1. The Balaban J connectivity index is 1.66. The summed E-state index contributed by atoms with van der Waals surface area (Å²) in [6.45, 7) is 3.72. The Bertz CT molecular complexity index is 515. The van der Waals surface area contributed by atoms with E-state index in [1.165, 1.54) is 5.56 Å². The molecule has 1 atom stereocenters. The molecule has 0 spiro atoms. The van der Waals surface area contributed by atoms with E-state index >= 15 is 0 Å². The highest BCUT2D eigenvalue weighted by Crippen LogP contribution is 2.17. The monoisotopic (exact) mass is 333 g/mol. The topological polar surface area (TPSA) is 21.3 Å². The summed E-state index contributed by atoms with van der Waals surface area (Å²) in [7, 11) is 0. The van der Waals surface area contributed by atoms with Crippen molar-refractivity contribution in [2.45, 2.75) is 19.4 Å². The fraction of sp³-hybridized carbons (Fsp3) is 0.294. The zero-order valence-electron chi connectivity index (χ0n) is 11.7. The maximum atomic E-state index is 5.69. The molecular formula is C17H20BrNO. The summed E-state index contributed by atoms with van der Waals surface area (Å²) < 4.78 is 6.74.